The molecule has 1 aromatic carbocycles. The topological polar surface area (TPSA) is 42.7 Å². The molecule has 4 heteroatoms. The van der Waals surface area contributed by atoms with Crippen LogP contribution in [0.1, 0.15) is 11.3 Å². The van der Waals surface area contributed by atoms with Gasteiger partial charge in [-0.15, -0.1) is 5.10 Å². The van der Waals surface area contributed by atoms with Crippen LogP contribution in [0, 0.1) is 6.92 Å². The number of hydrogen-bond donors (Lipinski definition) is 1. The second-order valence-electron chi connectivity index (χ2n) is 3.42. The average molecular weight is 186 g/mol. The van der Waals surface area contributed by atoms with Crippen molar-refractivity contribution in [2.75, 3.05) is 5.32 Å². The molecule has 0 unspecified atom stereocenters. The first-order valence-corrected chi connectivity index (χ1v) is 4.61. The molecule has 0 saturated carbocycles. The lowest BCUT2D eigenvalue weighted by atomic mass is 10.1. The second-order valence-corrected chi connectivity index (χ2v) is 3.42. The van der Waals surface area contributed by atoms with E-state index in [1.165, 1.54) is 5.56 Å². The Hall–Kier alpha value is -1.84. The third kappa shape index (κ3) is 0.878. The number of fused-ring (bicyclic) bond motifs is 3. The van der Waals surface area contributed by atoms with Gasteiger partial charge in [-0.3, -0.25) is 0 Å². The van der Waals surface area contributed by atoms with E-state index < -0.39 is 0 Å². The maximum Gasteiger partial charge on any atom is 0.153 e. The summed E-state index contributed by atoms with van der Waals surface area (Å²) in [5.74, 6) is 1.00. The molecule has 14 heavy (non-hydrogen) atoms. The van der Waals surface area contributed by atoms with Gasteiger partial charge in [-0.25, -0.2) is 0 Å². The van der Waals surface area contributed by atoms with Gasteiger partial charge in [0, 0.05) is 6.54 Å². The van der Waals surface area contributed by atoms with Crippen LogP contribution in [0.5, 0.6) is 0 Å². The molecule has 0 spiro atoms. The van der Waals surface area contributed by atoms with Crippen LogP contribution in [-0.2, 0) is 6.54 Å². The summed E-state index contributed by atoms with van der Waals surface area (Å²) in [4.78, 5) is 0. The van der Waals surface area contributed by atoms with E-state index in [1.54, 1.807) is 0 Å². The van der Waals surface area contributed by atoms with Crippen LogP contribution in [0.15, 0.2) is 24.3 Å². The molecule has 0 amide bonds. The summed E-state index contributed by atoms with van der Waals surface area (Å²) in [6.45, 7) is 2.81. The molecule has 1 aliphatic rings. The molecule has 1 aliphatic heterocycles. The van der Waals surface area contributed by atoms with Crippen LogP contribution in [0.25, 0.3) is 5.69 Å². The molecule has 2 heterocycles. The van der Waals surface area contributed by atoms with Gasteiger partial charge in [0.25, 0.3) is 0 Å². The number of anilines is 1. The van der Waals surface area contributed by atoms with E-state index >= 15 is 0 Å². The van der Waals surface area contributed by atoms with Crippen molar-refractivity contribution in [2.24, 2.45) is 0 Å². The highest BCUT2D eigenvalue weighted by atomic mass is 15.5. The smallest absolute Gasteiger partial charge is 0.153 e. The van der Waals surface area contributed by atoms with Crippen LogP contribution in [0.2, 0.25) is 0 Å². The van der Waals surface area contributed by atoms with Crippen LogP contribution < -0.4 is 5.32 Å². The molecule has 70 valence electrons. The zero-order valence-corrected chi connectivity index (χ0v) is 7.86. The van der Waals surface area contributed by atoms with Gasteiger partial charge in [-0.2, -0.15) is 4.68 Å². The lowest BCUT2D eigenvalue weighted by molar-refractivity contribution is 0.777. The summed E-state index contributed by atoms with van der Waals surface area (Å²) in [6.07, 6.45) is 0. The van der Waals surface area contributed by atoms with E-state index in [9.17, 15) is 0 Å². The number of nitrogens with zero attached hydrogens (tertiary/aromatic N) is 3. The predicted octanol–water partition coefficient (Wildman–Crippen LogP) is 1.50. The molecule has 2 aromatic rings. The van der Waals surface area contributed by atoms with Gasteiger partial charge in [0.1, 0.15) is 5.69 Å². The number of para-hydroxylation sites is 1. The number of hydrogen-bond acceptors (Lipinski definition) is 3. The van der Waals surface area contributed by atoms with E-state index in [1.807, 2.05) is 23.7 Å². The fourth-order valence-corrected chi connectivity index (χ4v) is 1.77. The molecule has 1 N–H and O–H groups in total. The third-order valence-electron chi connectivity index (χ3n) is 2.50. The van der Waals surface area contributed by atoms with E-state index in [0.29, 0.717) is 0 Å². The number of nitrogens with one attached hydrogen (secondary N) is 1. The first-order valence-electron chi connectivity index (χ1n) is 4.61. The van der Waals surface area contributed by atoms with E-state index in [0.717, 1.165) is 23.7 Å². The molecule has 0 saturated heterocycles. The van der Waals surface area contributed by atoms with E-state index in [4.69, 9.17) is 0 Å². The number of rotatable bonds is 0. The van der Waals surface area contributed by atoms with Gasteiger partial charge in [0.2, 0.25) is 0 Å². The zero-order chi connectivity index (χ0) is 9.54. The van der Waals surface area contributed by atoms with Crippen molar-refractivity contribution < 1.29 is 0 Å². The van der Waals surface area contributed by atoms with Gasteiger partial charge in [0.15, 0.2) is 5.82 Å². The Balaban J connectivity index is 2.29. The summed E-state index contributed by atoms with van der Waals surface area (Å²) in [5.41, 5.74) is 3.33. The van der Waals surface area contributed by atoms with Crippen LogP contribution >= 0.6 is 0 Å². The van der Waals surface area contributed by atoms with Gasteiger partial charge in [-0.05, 0) is 18.6 Å². The maximum atomic E-state index is 4.10. The third-order valence-corrected chi connectivity index (χ3v) is 2.50. The number of aryl methyl sites for hydroxylation is 1. The molecule has 3 rings (SSSR count). The molecule has 0 bridgehead atoms. The minimum absolute atomic E-state index is 0.852. The standard InChI is InChI=1S/C10H10N4/c1-7-10-11-6-8-4-2-3-5-9(8)14(10)13-12-7/h2-5,11H,6H2,1H3. The monoisotopic (exact) mass is 186 g/mol. The lowest BCUT2D eigenvalue weighted by Crippen LogP contribution is -2.15. The Kier molecular flexibility index (Phi) is 1.39. The van der Waals surface area contributed by atoms with Crippen molar-refractivity contribution in [2.45, 2.75) is 13.5 Å². The molecular formula is C10H10N4. The van der Waals surface area contributed by atoms with Crippen molar-refractivity contribution in [3.05, 3.63) is 35.5 Å². The highest BCUT2D eigenvalue weighted by Crippen LogP contribution is 2.25. The van der Waals surface area contributed by atoms with Crippen molar-refractivity contribution in [3.8, 4) is 5.69 Å². The van der Waals surface area contributed by atoms with Crippen molar-refractivity contribution >= 4 is 5.82 Å². The summed E-state index contributed by atoms with van der Waals surface area (Å²) in [6, 6.07) is 8.22. The SMILES string of the molecule is Cc1nnn2c1NCc1ccccc1-2. The van der Waals surface area contributed by atoms with Crippen molar-refractivity contribution in [3.63, 3.8) is 0 Å². The van der Waals surface area contributed by atoms with Crippen molar-refractivity contribution in [1.82, 2.24) is 15.0 Å². The molecular weight excluding hydrogens is 176 g/mol. The maximum absolute atomic E-state index is 4.10. The Morgan fingerprint density at radius 1 is 1.36 bits per heavy atom. The minimum Gasteiger partial charge on any atom is -0.364 e. The molecule has 0 radical (unpaired) electrons. The molecule has 0 atom stereocenters. The molecule has 1 aromatic heterocycles. The Labute approximate surface area is 81.6 Å². The first-order chi connectivity index (χ1) is 6.86. The van der Waals surface area contributed by atoms with Crippen LogP contribution in [0.3, 0.4) is 0 Å². The van der Waals surface area contributed by atoms with Gasteiger partial charge in [0.05, 0.1) is 5.69 Å². The van der Waals surface area contributed by atoms with Crippen LogP contribution in [-0.4, -0.2) is 15.0 Å². The summed E-state index contributed by atoms with van der Waals surface area (Å²) >= 11 is 0. The summed E-state index contributed by atoms with van der Waals surface area (Å²) in [5, 5.41) is 11.5. The normalized spacial score (nSPS) is 12.9. The Morgan fingerprint density at radius 3 is 3.14 bits per heavy atom. The van der Waals surface area contributed by atoms with Crippen LogP contribution in [0.4, 0.5) is 5.82 Å². The molecule has 0 aliphatic carbocycles. The minimum atomic E-state index is 0.852. The predicted molar refractivity (Wildman–Crippen MR) is 53.4 cm³/mol. The summed E-state index contributed by atoms with van der Waals surface area (Å²) < 4.78 is 1.86. The summed E-state index contributed by atoms with van der Waals surface area (Å²) in [7, 11) is 0. The Morgan fingerprint density at radius 2 is 2.21 bits per heavy atom. The highest BCUT2D eigenvalue weighted by Gasteiger charge is 2.17. The van der Waals surface area contributed by atoms with Gasteiger partial charge >= 0.3 is 0 Å². The lowest BCUT2D eigenvalue weighted by Gasteiger charge is -2.18. The molecule has 0 fully saturated rings. The fourth-order valence-electron chi connectivity index (χ4n) is 1.77. The highest BCUT2D eigenvalue weighted by molar-refractivity contribution is 5.55. The Bertz CT molecular complexity index is 487. The fraction of sp³-hybridized carbons (Fsp3) is 0.200. The van der Waals surface area contributed by atoms with Gasteiger partial charge < -0.3 is 5.32 Å². The number of aromatic nitrogens is 3. The van der Waals surface area contributed by atoms with Gasteiger partial charge in [-0.1, -0.05) is 23.4 Å². The van der Waals surface area contributed by atoms with Crippen molar-refractivity contribution in [1.29, 1.82) is 0 Å². The quantitative estimate of drug-likeness (QED) is 0.678. The van der Waals surface area contributed by atoms with E-state index in [-0.39, 0.29) is 0 Å². The largest absolute Gasteiger partial charge is 0.364 e. The number of benzene rings is 1. The first kappa shape index (κ1) is 7.55. The van der Waals surface area contributed by atoms with E-state index in [2.05, 4.69) is 27.8 Å². The average Bonchev–Trinajstić information content (AvgIpc) is 2.61. The second kappa shape index (κ2) is 2.57. The zero-order valence-electron chi connectivity index (χ0n) is 7.86. The molecule has 4 nitrogen and oxygen atoms in total.